The Morgan fingerprint density at radius 3 is 2.44 bits per heavy atom. The average molecular weight is 144 g/mol. The van der Waals surface area contributed by atoms with Gasteiger partial charge in [-0.2, -0.15) is 0 Å². The van der Waals surface area contributed by atoms with E-state index in [1.807, 2.05) is 6.79 Å². The van der Waals surface area contributed by atoms with Crippen molar-refractivity contribution >= 4 is 18.4 Å². The molecule has 0 aliphatic heterocycles. The van der Waals surface area contributed by atoms with Gasteiger partial charge in [0.1, 0.15) is 6.79 Å². The second kappa shape index (κ2) is 5.25. The maximum atomic E-state index is 8.00. The molecule has 0 aliphatic rings. The Bertz CT molecular complexity index is 154. The quantitative estimate of drug-likeness (QED) is 0.552. The topological polar surface area (TPSA) is 30.0 Å². The lowest BCUT2D eigenvalue weighted by Gasteiger charge is -1.79. The molecule has 1 aromatic rings. The molecule has 0 saturated carbocycles. The summed E-state index contributed by atoms with van der Waals surface area (Å²) in [6, 6.07) is 3.58. The van der Waals surface area contributed by atoms with Crippen molar-refractivity contribution in [3.63, 3.8) is 0 Å². The van der Waals surface area contributed by atoms with Crippen molar-refractivity contribution in [3.8, 4) is 0 Å². The van der Waals surface area contributed by atoms with E-state index in [-0.39, 0.29) is 0 Å². The van der Waals surface area contributed by atoms with Crippen LogP contribution in [0.2, 0.25) is 5.02 Å². The zero-order chi connectivity index (χ0) is 7.11. The lowest BCUT2D eigenvalue weighted by Crippen LogP contribution is -1.64. The van der Waals surface area contributed by atoms with E-state index in [4.69, 9.17) is 16.4 Å². The van der Waals surface area contributed by atoms with Crippen LogP contribution in [0.15, 0.2) is 24.5 Å². The predicted octanol–water partition coefficient (Wildman–Crippen LogP) is 1.55. The lowest BCUT2D eigenvalue weighted by atomic mass is 10.5. The van der Waals surface area contributed by atoms with E-state index in [0.717, 1.165) is 0 Å². The normalized spacial score (nSPS) is 7.22. The predicted molar refractivity (Wildman–Crippen MR) is 36.4 cm³/mol. The molecule has 0 fully saturated rings. The molecule has 3 heteroatoms. The van der Waals surface area contributed by atoms with Crippen LogP contribution >= 0.6 is 11.6 Å². The Kier molecular flexibility index (Phi) is 4.73. The van der Waals surface area contributed by atoms with Crippen molar-refractivity contribution in [2.45, 2.75) is 0 Å². The highest BCUT2D eigenvalue weighted by molar-refractivity contribution is 6.30. The lowest BCUT2D eigenvalue weighted by molar-refractivity contribution is -0.0979. The first-order valence-corrected chi connectivity index (χ1v) is 2.62. The third-order valence-electron chi connectivity index (χ3n) is 0.625. The zero-order valence-corrected chi connectivity index (χ0v) is 5.51. The van der Waals surface area contributed by atoms with Crippen LogP contribution in [0.1, 0.15) is 0 Å². The maximum absolute atomic E-state index is 8.00. The number of halogens is 1. The van der Waals surface area contributed by atoms with Gasteiger partial charge in [-0.3, -0.25) is 4.98 Å². The van der Waals surface area contributed by atoms with Crippen LogP contribution in [0.3, 0.4) is 0 Å². The second-order valence-corrected chi connectivity index (χ2v) is 1.61. The van der Waals surface area contributed by atoms with Crippen molar-refractivity contribution < 1.29 is 4.79 Å². The monoisotopic (exact) mass is 143 g/mol. The molecule has 0 unspecified atom stereocenters. The highest BCUT2D eigenvalue weighted by atomic mass is 35.5. The standard InChI is InChI=1S/C5H4ClN.CH2O/c6-5-2-1-3-7-4-5;1-2/h1-4H;1H2. The molecule has 0 N–H and O–H groups in total. The summed E-state index contributed by atoms with van der Waals surface area (Å²) in [4.78, 5) is 11.8. The molecule has 0 aliphatic carbocycles. The Balaban J connectivity index is 0.000000291. The summed E-state index contributed by atoms with van der Waals surface area (Å²) >= 11 is 5.48. The first-order chi connectivity index (χ1) is 4.39. The highest BCUT2D eigenvalue weighted by Crippen LogP contribution is 2.00. The number of carbonyl (C=O) groups excluding carboxylic acids is 1. The molecule has 0 atom stereocenters. The van der Waals surface area contributed by atoms with Crippen molar-refractivity contribution in [2.75, 3.05) is 0 Å². The number of carbonyl (C=O) groups is 1. The number of rotatable bonds is 0. The van der Waals surface area contributed by atoms with Crippen LogP contribution in [0.5, 0.6) is 0 Å². The second-order valence-electron chi connectivity index (χ2n) is 1.17. The summed E-state index contributed by atoms with van der Waals surface area (Å²) in [6.45, 7) is 2.00. The average Bonchev–Trinajstić information content (AvgIpc) is 1.94. The van der Waals surface area contributed by atoms with Gasteiger partial charge < -0.3 is 4.79 Å². The third-order valence-corrected chi connectivity index (χ3v) is 0.849. The van der Waals surface area contributed by atoms with Gasteiger partial charge in [-0.25, -0.2) is 0 Å². The molecular weight excluding hydrogens is 138 g/mol. The minimum absolute atomic E-state index is 0.683. The molecule has 0 spiro atoms. The fourth-order valence-corrected chi connectivity index (χ4v) is 0.471. The van der Waals surface area contributed by atoms with E-state index in [1.165, 1.54) is 0 Å². The molecule has 1 rings (SSSR count). The van der Waals surface area contributed by atoms with E-state index in [2.05, 4.69) is 4.98 Å². The molecule has 0 radical (unpaired) electrons. The third kappa shape index (κ3) is 3.67. The van der Waals surface area contributed by atoms with Crippen LogP contribution in [-0.4, -0.2) is 11.8 Å². The molecule has 1 aromatic heterocycles. The van der Waals surface area contributed by atoms with E-state index in [9.17, 15) is 0 Å². The van der Waals surface area contributed by atoms with E-state index >= 15 is 0 Å². The van der Waals surface area contributed by atoms with Gasteiger partial charge >= 0.3 is 0 Å². The van der Waals surface area contributed by atoms with Crippen molar-refractivity contribution in [1.82, 2.24) is 4.98 Å². The van der Waals surface area contributed by atoms with Gasteiger partial charge in [-0.15, -0.1) is 0 Å². The molecule has 2 nitrogen and oxygen atoms in total. The molecular formula is C6H6ClNO. The first-order valence-electron chi connectivity index (χ1n) is 2.24. The summed E-state index contributed by atoms with van der Waals surface area (Å²) in [5, 5.41) is 0.683. The van der Waals surface area contributed by atoms with Crippen LogP contribution in [0, 0.1) is 0 Å². The maximum Gasteiger partial charge on any atom is 0.106 e. The Hall–Kier alpha value is -0.890. The number of hydrogen-bond donors (Lipinski definition) is 0. The zero-order valence-electron chi connectivity index (χ0n) is 4.75. The SMILES string of the molecule is C=O.Clc1cccnc1. The molecule has 0 bridgehead atoms. The number of hydrogen-bond acceptors (Lipinski definition) is 2. The van der Waals surface area contributed by atoms with Crippen LogP contribution in [0.25, 0.3) is 0 Å². The summed E-state index contributed by atoms with van der Waals surface area (Å²) < 4.78 is 0. The smallest absolute Gasteiger partial charge is 0.106 e. The molecule has 0 aromatic carbocycles. The largest absolute Gasteiger partial charge is 0.307 e. The number of aromatic nitrogens is 1. The van der Waals surface area contributed by atoms with Crippen molar-refractivity contribution in [2.24, 2.45) is 0 Å². The number of nitrogens with zero attached hydrogens (tertiary/aromatic N) is 1. The Morgan fingerprint density at radius 1 is 1.56 bits per heavy atom. The van der Waals surface area contributed by atoms with Crippen molar-refractivity contribution in [1.29, 1.82) is 0 Å². The van der Waals surface area contributed by atoms with E-state index in [1.54, 1.807) is 24.5 Å². The Labute approximate surface area is 58.5 Å². The molecule has 1 heterocycles. The summed E-state index contributed by atoms with van der Waals surface area (Å²) in [6.07, 6.45) is 3.29. The first kappa shape index (κ1) is 8.11. The van der Waals surface area contributed by atoms with Gasteiger partial charge in [-0.1, -0.05) is 11.6 Å². The summed E-state index contributed by atoms with van der Waals surface area (Å²) in [7, 11) is 0. The minimum atomic E-state index is 0.683. The van der Waals surface area contributed by atoms with Gasteiger partial charge in [0, 0.05) is 12.4 Å². The summed E-state index contributed by atoms with van der Waals surface area (Å²) in [5.41, 5.74) is 0. The van der Waals surface area contributed by atoms with Gasteiger partial charge in [0.15, 0.2) is 0 Å². The van der Waals surface area contributed by atoms with Crippen LogP contribution < -0.4 is 0 Å². The molecule has 9 heavy (non-hydrogen) atoms. The number of pyridine rings is 1. The fourth-order valence-electron chi connectivity index (χ4n) is 0.342. The van der Waals surface area contributed by atoms with Crippen molar-refractivity contribution in [3.05, 3.63) is 29.5 Å². The molecule has 0 amide bonds. The van der Waals surface area contributed by atoms with E-state index < -0.39 is 0 Å². The van der Waals surface area contributed by atoms with Gasteiger partial charge in [-0.05, 0) is 12.1 Å². The molecule has 48 valence electrons. The van der Waals surface area contributed by atoms with Gasteiger partial charge in [0.2, 0.25) is 0 Å². The summed E-state index contributed by atoms with van der Waals surface area (Å²) in [5.74, 6) is 0. The van der Waals surface area contributed by atoms with E-state index in [0.29, 0.717) is 5.02 Å². The van der Waals surface area contributed by atoms with Crippen LogP contribution in [0.4, 0.5) is 0 Å². The highest BCUT2D eigenvalue weighted by Gasteiger charge is 1.76. The Morgan fingerprint density at radius 2 is 2.22 bits per heavy atom. The van der Waals surface area contributed by atoms with Gasteiger partial charge in [0.25, 0.3) is 0 Å². The minimum Gasteiger partial charge on any atom is -0.307 e. The van der Waals surface area contributed by atoms with Gasteiger partial charge in [0.05, 0.1) is 5.02 Å². The molecule has 0 saturated heterocycles. The van der Waals surface area contributed by atoms with Crippen LogP contribution in [-0.2, 0) is 4.79 Å². The fraction of sp³-hybridized carbons (Fsp3) is 0.